The normalized spacial score (nSPS) is 27.9. The smallest absolute Gasteiger partial charge is 0.399 e. The molecule has 1 saturated heterocycles. The zero-order chi connectivity index (χ0) is 17.1. The van der Waals surface area contributed by atoms with Gasteiger partial charge in [0.25, 0.3) is 0 Å². The van der Waals surface area contributed by atoms with Crippen molar-refractivity contribution in [1.29, 1.82) is 0 Å². The number of alkyl halides is 6. The Morgan fingerprint density at radius 1 is 0.955 bits per heavy atom. The van der Waals surface area contributed by atoms with Gasteiger partial charge in [-0.25, -0.2) is 0 Å². The average Bonchev–Trinajstić information content (AvgIpc) is 2.76. The summed E-state index contributed by atoms with van der Waals surface area (Å²) in [6.07, 6.45) is -10.1. The van der Waals surface area contributed by atoms with E-state index in [0.717, 1.165) is 0 Å². The summed E-state index contributed by atoms with van der Waals surface area (Å²) in [5.74, 6) is 0. The Bertz CT molecular complexity index is 522. The van der Waals surface area contributed by atoms with Crippen LogP contribution in [0.15, 0.2) is 21.4 Å². The fraction of sp³-hybridized carbons (Fsp3) is 0.818. The molecule has 0 unspecified atom stereocenters. The minimum atomic E-state index is -5.08. The van der Waals surface area contributed by atoms with Crippen LogP contribution in [-0.4, -0.2) is 36.7 Å². The molecule has 0 aromatic rings. The van der Waals surface area contributed by atoms with Crippen molar-refractivity contribution in [3.05, 3.63) is 11.2 Å². The molecule has 0 aromatic heterocycles. The van der Waals surface area contributed by atoms with Crippen molar-refractivity contribution < 1.29 is 35.7 Å². The second kappa shape index (κ2) is 4.70. The minimum absolute atomic E-state index is 1.08. The first kappa shape index (κ1) is 17.3. The molecule has 0 radical (unpaired) electrons. The fourth-order valence-corrected chi connectivity index (χ4v) is 2.04. The summed E-state index contributed by atoms with van der Waals surface area (Å²) >= 11 is 0. The highest BCUT2D eigenvalue weighted by Crippen LogP contribution is 2.47. The highest BCUT2D eigenvalue weighted by molar-refractivity contribution is 6.55. The second-order valence-corrected chi connectivity index (χ2v) is 6.05. The monoisotopic (exact) mass is 330 g/mol. The molecule has 2 rings (SSSR count). The Morgan fingerprint density at radius 3 is 1.77 bits per heavy atom. The molecule has 1 fully saturated rings. The molecule has 2 aliphatic rings. The van der Waals surface area contributed by atoms with Gasteiger partial charge in [-0.05, 0) is 27.7 Å². The van der Waals surface area contributed by atoms with Gasteiger partial charge < -0.3 is 9.31 Å². The molecule has 11 heteroatoms. The number of hydrogen-bond acceptors (Lipinski definition) is 4. The van der Waals surface area contributed by atoms with Crippen molar-refractivity contribution in [2.24, 2.45) is 10.2 Å². The van der Waals surface area contributed by atoms with Gasteiger partial charge in [-0.1, -0.05) is 0 Å². The van der Waals surface area contributed by atoms with Gasteiger partial charge in [-0.15, -0.1) is 0 Å². The van der Waals surface area contributed by atoms with Crippen molar-refractivity contribution in [2.45, 2.75) is 57.3 Å². The number of azo groups is 1. The standard InChI is InChI=1S/C11H13BF6N2O2/c1-8(2)9(3,4)22-12(21-8)5-6(10(13,14)15)19-20-7(5)11(16,17)18/h6H,1-4H3/t6-/m0/s1. The lowest BCUT2D eigenvalue weighted by molar-refractivity contribution is -0.138. The molecule has 2 heterocycles. The van der Waals surface area contributed by atoms with Crippen LogP contribution in [0.4, 0.5) is 26.3 Å². The number of halogens is 6. The van der Waals surface area contributed by atoms with Crippen LogP contribution in [-0.2, 0) is 9.31 Å². The van der Waals surface area contributed by atoms with Gasteiger partial charge in [0.1, 0.15) is 0 Å². The van der Waals surface area contributed by atoms with Crippen molar-refractivity contribution in [3.63, 3.8) is 0 Å². The Hall–Kier alpha value is -1.10. The number of rotatable bonds is 1. The predicted octanol–water partition coefficient (Wildman–Crippen LogP) is 3.83. The Morgan fingerprint density at radius 2 is 1.41 bits per heavy atom. The summed E-state index contributed by atoms with van der Waals surface area (Å²) in [6, 6.07) is -2.72. The molecule has 0 bridgehead atoms. The lowest BCUT2D eigenvalue weighted by Gasteiger charge is -2.32. The van der Waals surface area contributed by atoms with Gasteiger partial charge in [-0.2, -0.15) is 36.6 Å². The summed E-state index contributed by atoms with van der Waals surface area (Å²) in [5.41, 5.74) is -5.03. The summed E-state index contributed by atoms with van der Waals surface area (Å²) in [7, 11) is -1.82. The van der Waals surface area contributed by atoms with E-state index in [0.29, 0.717) is 0 Å². The molecular weight excluding hydrogens is 317 g/mol. The van der Waals surface area contributed by atoms with Gasteiger partial charge >= 0.3 is 19.5 Å². The van der Waals surface area contributed by atoms with Crippen LogP contribution in [0.5, 0.6) is 0 Å². The topological polar surface area (TPSA) is 43.2 Å². The maximum absolute atomic E-state index is 12.9. The van der Waals surface area contributed by atoms with Crippen molar-refractivity contribution in [3.8, 4) is 0 Å². The molecule has 1 atom stereocenters. The van der Waals surface area contributed by atoms with E-state index in [1.807, 2.05) is 0 Å². The van der Waals surface area contributed by atoms with E-state index in [1.54, 1.807) is 0 Å². The van der Waals surface area contributed by atoms with Gasteiger partial charge in [0.2, 0.25) is 0 Å². The van der Waals surface area contributed by atoms with Crippen LogP contribution < -0.4 is 0 Å². The molecule has 4 nitrogen and oxygen atoms in total. The van der Waals surface area contributed by atoms with E-state index in [9.17, 15) is 26.3 Å². The van der Waals surface area contributed by atoms with Gasteiger partial charge in [0.15, 0.2) is 11.7 Å². The van der Waals surface area contributed by atoms with E-state index in [2.05, 4.69) is 10.2 Å². The zero-order valence-corrected chi connectivity index (χ0v) is 12.1. The van der Waals surface area contributed by atoms with Gasteiger partial charge in [0.05, 0.1) is 11.2 Å². The van der Waals surface area contributed by atoms with E-state index >= 15 is 0 Å². The molecule has 0 saturated carbocycles. The maximum Gasteiger partial charge on any atom is 0.495 e. The maximum atomic E-state index is 12.9. The largest absolute Gasteiger partial charge is 0.495 e. The fourth-order valence-electron chi connectivity index (χ4n) is 2.04. The van der Waals surface area contributed by atoms with Crippen molar-refractivity contribution in [2.75, 3.05) is 0 Å². The molecule has 0 N–H and O–H groups in total. The van der Waals surface area contributed by atoms with Crippen molar-refractivity contribution in [1.82, 2.24) is 0 Å². The van der Waals surface area contributed by atoms with E-state index in [4.69, 9.17) is 9.31 Å². The van der Waals surface area contributed by atoms with Crippen molar-refractivity contribution >= 4 is 7.12 Å². The summed E-state index contributed by atoms with van der Waals surface area (Å²) in [5, 5.41) is 5.40. The van der Waals surface area contributed by atoms with Gasteiger partial charge in [-0.3, -0.25) is 0 Å². The van der Waals surface area contributed by atoms with Crippen LogP contribution in [0.25, 0.3) is 0 Å². The summed E-state index contributed by atoms with van der Waals surface area (Å²) in [4.78, 5) is 0. The number of nitrogens with zero attached hydrogens (tertiary/aromatic N) is 2. The van der Waals surface area contributed by atoms with E-state index in [-0.39, 0.29) is 0 Å². The lowest BCUT2D eigenvalue weighted by Crippen LogP contribution is -2.41. The van der Waals surface area contributed by atoms with Crippen LogP contribution >= 0.6 is 0 Å². The van der Waals surface area contributed by atoms with Crippen LogP contribution in [0, 0.1) is 0 Å². The third-order valence-electron chi connectivity index (χ3n) is 3.93. The molecule has 0 aliphatic carbocycles. The summed E-state index contributed by atoms with van der Waals surface area (Å²) < 4.78 is 88.2. The first-order valence-electron chi connectivity index (χ1n) is 6.31. The molecule has 22 heavy (non-hydrogen) atoms. The lowest BCUT2D eigenvalue weighted by atomic mass is 9.72. The zero-order valence-electron chi connectivity index (χ0n) is 12.1. The van der Waals surface area contributed by atoms with E-state index < -0.39 is 47.9 Å². The van der Waals surface area contributed by atoms with Gasteiger partial charge in [0, 0.05) is 5.47 Å². The molecule has 0 amide bonds. The highest BCUT2D eigenvalue weighted by atomic mass is 19.4. The minimum Gasteiger partial charge on any atom is -0.399 e. The molecular formula is C11H13BF6N2O2. The van der Waals surface area contributed by atoms with Crippen LogP contribution in [0.2, 0.25) is 0 Å². The molecule has 124 valence electrons. The number of allylic oxidation sites excluding steroid dienone is 1. The average molecular weight is 330 g/mol. The van der Waals surface area contributed by atoms with E-state index in [1.165, 1.54) is 27.7 Å². The first-order chi connectivity index (χ1) is 9.67. The predicted molar refractivity (Wildman–Crippen MR) is 63.9 cm³/mol. The summed E-state index contributed by atoms with van der Waals surface area (Å²) in [6.45, 7) is 6.08. The Labute approximate surface area is 122 Å². The third-order valence-corrected chi connectivity index (χ3v) is 3.93. The molecule has 2 aliphatic heterocycles. The van der Waals surface area contributed by atoms with Crippen LogP contribution in [0.3, 0.4) is 0 Å². The highest BCUT2D eigenvalue weighted by Gasteiger charge is 2.61. The quantitative estimate of drug-likeness (QED) is 0.542. The Kier molecular flexibility index (Phi) is 3.69. The third kappa shape index (κ3) is 2.75. The Balaban J connectivity index is 2.49. The molecule has 0 aromatic carbocycles. The SMILES string of the molecule is CC1(C)OB(C2=C(C(F)(F)F)N=N[C@@H]2C(F)(F)F)OC1(C)C. The second-order valence-electron chi connectivity index (χ2n) is 6.05. The molecule has 0 spiro atoms. The first-order valence-corrected chi connectivity index (χ1v) is 6.31. The van der Waals surface area contributed by atoms with Crippen LogP contribution in [0.1, 0.15) is 27.7 Å². The number of hydrogen-bond donors (Lipinski definition) is 0.